The zero-order valence-corrected chi connectivity index (χ0v) is 22.9. The molecule has 0 aliphatic heterocycles. The summed E-state index contributed by atoms with van der Waals surface area (Å²) >= 11 is 1.47. The fraction of sp³-hybridized carbons (Fsp3) is 0.156. The number of para-hydroxylation sites is 1. The molecule has 0 aliphatic rings. The van der Waals surface area contributed by atoms with Crippen LogP contribution in [-0.2, 0) is 11.2 Å². The summed E-state index contributed by atoms with van der Waals surface area (Å²) in [5.41, 5.74) is 4.25. The smallest absolute Gasteiger partial charge is 0.305 e. The van der Waals surface area contributed by atoms with Gasteiger partial charge in [0.05, 0.1) is 11.4 Å². The van der Waals surface area contributed by atoms with Crippen LogP contribution >= 0.6 is 11.3 Å². The molecule has 8 heteroatoms. The SMILES string of the molecule is CN(C(=O)c1ccccc1-c1ccccc1C(=O)N(CCC(=O)O)CCc1c[nH]c2ccccc12)c1cccs1. The van der Waals surface area contributed by atoms with Gasteiger partial charge >= 0.3 is 5.97 Å². The Morgan fingerprint density at radius 3 is 2.12 bits per heavy atom. The number of rotatable bonds is 10. The number of amides is 2. The average molecular weight is 552 g/mol. The molecule has 2 N–H and O–H groups in total. The molecule has 0 fully saturated rings. The van der Waals surface area contributed by atoms with Gasteiger partial charge in [-0.3, -0.25) is 14.4 Å². The fourth-order valence-electron chi connectivity index (χ4n) is 4.86. The second-order valence-electron chi connectivity index (χ2n) is 9.45. The van der Waals surface area contributed by atoms with Crippen LogP contribution < -0.4 is 4.90 Å². The number of thiophene rings is 1. The van der Waals surface area contributed by atoms with Gasteiger partial charge in [0.2, 0.25) is 0 Å². The number of hydrogen-bond acceptors (Lipinski definition) is 4. The van der Waals surface area contributed by atoms with E-state index in [1.54, 1.807) is 35.0 Å². The molecule has 5 rings (SSSR count). The second kappa shape index (κ2) is 12.0. The van der Waals surface area contributed by atoms with E-state index >= 15 is 0 Å². The topological polar surface area (TPSA) is 93.7 Å². The van der Waals surface area contributed by atoms with Crippen molar-refractivity contribution in [1.29, 1.82) is 0 Å². The first-order valence-corrected chi connectivity index (χ1v) is 13.9. The summed E-state index contributed by atoms with van der Waals surface area (Å²) in [5.74, 6) is -1.42. The molecule has 0 radical (unpaired) electrons. The standard InChI is InChI=1S/C32H29N3O4S/c1-34(29-15-8-20-40-29)31(38)26-12-4-2-10-24(26)25-11-3-5-13-27(25)32(39)35(19-17-30(36)37)18-16-22-21-33-28-14-7-6-9-23(22)28/h2-15,20-21,33H,16-19H2,1H3,(H,36,37). The van der Waals surface area contributed by atoms with Crippen molar-refractivity contribution in [3.05, 3.63) is 113 Å². The molecule has 7 nitrogen and oxygen atoms in total. The predicted molar refractivity (Wildman–Crippen MR) is 159 cm³/mol. The fourth-order valence-corrected chi connectivity index (χ4v) is 5.55. The van der Waals surface area contributed by atoms with Gasteiger partial charge in [0.15, 0.2) is 0 Å². The minimum Gasteiger partial charge on any atom is -0.481 e. The Labute approximate surface area is 236 Å². The zero-order chi connectivity index (χ0) is 28.1. The van der Waals surface area contributed by atoms with Gasteiger partial charge < -0.3 is 19.9 Å². The summed E-state index contributed by atoms with van der Waals surface area (Å²) in [6, 6.07) is 26.2. The minimum absolute atomic E-state index is 0.0759. The summed E-state index contributed by atoms with van der Waals surface area (Å²) < 4.78 is 0. The number of carboxylic acids is 1. The number of carboxylic acid groups (broad SMARTS) is 1. The van der Waals surface area contributed by atoms with Crippen molar-refractivity contribution in [2.75, 3.05) is 25.0 Å². The van der Waals surface area contributed by atoms with Gasteiger partial charge in [0.1, 0.15) is 0 Å². The van der Waals surface area contributed by atoms with E-state index in [2.05, 4.69) is 4.98 Å². The lowest BCUT2D eigenvalue weighted by molar-refractivity contribution is -0.137. The molecule has 5 aromatic rings. The molecular weight excluding hydrogens is 522 g/mol. The maximum Gasteiger partial charge on any atom is 0.305 e. The van der Waals surface area contributed by atoms with E-state index in [1.165, 1.54) is 11.3 Å². The van der Waals surface area contributed by atoms with Gasteiger partial charge in [-0.1, -0.05) is 54.6 Å². The van der Waals surface area contributed by atoms with E-state index < -0.39 is 5.97 Å². The highest BCUT2D eigenvalue weighted by molar-refractivity contribution is 7.14. The number of carbonyl (C=O) groups is 3. The highest BCUT2D eigenvalue weighted by atomic mass is 32.1. The van der Waals surface area contributed by atoms with E-state index in [9.17, 15) is 19.5 Å². The van der Waals surface area contributed by atoms with Crippen LogP contribution in [0, 0.1) is 0 Å². The monoisotopic (exact) mass is 551 g/mol. The Kier molecular flexibility index (Phi) is 8.07. The van der Waals surface area contributed by atoms with Crippen molar-refractivity contribution < 1.29 is 19.5 Å². The van der Waals surface area contributed by atoms with Crippen LogP contribution in [0.5, 0.6) is 0 Å². The first-order chi connectivity index (χ1) is 19.4. The Bertz CT molecular complexity index is 1660. The molecule has 40 heavy (non-hydrogen) atoms. The van der Waals surface area contributed by atoms with Crippen LogP contribution in [0.2, 0.25) is 0 Å². The molecule has 2 amide bonds. The lowest BCUT2D eigenvalue weighted by Gasteiger charge is -2.24. The summed E-state index contributed by atoms with van der Waals surface area (Å²) in [6.07, 6.45) is 2.34. The Morgan fingerprint density at radius 2 is 1.45 bits per heavy atom. The highest BCUT2D eigenvalue weighted by Gasteiger charge is 2.24. The summed E-state index contributed by atoms with van der Waals surface area (Å²) in [5, 5.41) is 13.2. The molecule has 0 atom stereocenters. The number of hydrogen-bond donors (Lipinski definition) is 2. The number of nitrogens with zero attached hydrogens (tertiary/aromatic N) is 2. The van der Waals surface area contributed by atoms with Gasteiger partial charge in [-0.15, -0.1) is 11.3 Å². The molecule has 202 valence electrons. The Morgan fingerprint density at radius 1 is 0.800 bits per heavy atom. The third-order valence-electron chi connectivity index (χ3n) is 6.96. The quantitative estimate of drug-likeness (QED) is 0.212. The van der Waals surface area contributed by atoms with Crippen molar-refractivity contribution in [3.8, 4) is 11.1 Å². The van der Waals surface area contributed by atoms with E-state index in [0.29, 0.717) is 35.2 Å². The number of H-pyrrole nitrogens is 1. The first kappa shape index (κ1) is 26.9. The number of carbonyl (C=O) groups excluding carboxylic acids is 2. The van der Waals surface area contributed by atoms with Crippen LogP contribution in [0.25, 0.3) is 22.0 Å². The van der Waals surface area contributed by atoms with Crippen LogP contribution in [0.15, 0.2) is 96.5 Å². The molecule has 0 bridgehead atoms. The number of benzene rings is 3. The van der Waals surface area contributed by atoms with Crippen molar-refractivity contribution in [2.45, 2.75) is 12.8 Å². The van der Waals surface area contributed by atoms with E-state index in [4.69, 9.17) is 0 Å². The molecule has 2 heterocycles. The van der Waals surface area contributed by atoms with Gasteiger partial charge in [-0.2, -0.15) is 0 Å². The minimum atomic E-state index is -0.967. The first-order valence-electron chi connectivity index (χ1n) is 13.0. The van der Waals surface area contributed by atoms with Gasteiger partial charge in [0.25, 0.3) is 11.8 Å². The van der Waals surface area contributed by atoms with E-state index in [-0.39, 0.29) is 24.8 Å². The number of anilines is 1. The summed E-state index contributed by atoms with van der Waals surface area (Å²) in [7, 11) is 1.74. The molecule has 0 unspecified atom stereocenters. The summed E-state index contributed by atoms with van der Waals surface area (Å²) in [4.78, 5) is 45.5. The second-order valence-corrected chi connectivity index (χ2v) is 10.4. The molecule has 3 aromatic carbocycles. The Balaban J connectivity index is 1.47. The number of aromatic nitrogens is 1. The lowest BCUT2D eigenvalue weighted by Crippen LogP contribution is -2.35. The number of aliphatic carboxylic acids is 1. The molecule has 2 aromatic heterocycles. The molecule has 0 saturated heterocycles. The van der Waals surface area contributed by atoms with Gasteiger partial charge in [-0.05, 0) is 58.8 Å². The highest BCUT2D eigenvalue weighted by Crippen LogP contribution is 2.31. The average Bonchev–Trinajstić information content (AvgIpc) is 3.67. The van der Waals surface area contributed by atoms with Crippen LogP contribution in [-0.4, -0.2) is 52.9 Å². The summed E-state index contributed by atoms with van der Waals surface area (Å²) in [6.45, 7) is 0.427. The maximum absolute atomic E-state index is 14.0. The zero-order valence-electron chi connectivity index (χ0n) is 22.0. The van der Waals surface area contributed by atoms with Gasteiger partial charge in [0, 0.05) is 48.4 Å². The Hall–Kier alpha value is -4.69. The molecule has 0 aliphatic carbocycles. The van der Waals surface area contributed by atoms with Crippen LogP contribution in [0.3, 0.4) is 0 Å². The van der Waals surface area contributed by atoms with Crippen molar-refractivity contribution >= 4 is 45.0 Å². The number of nitrogens with one attached hydrogen (secondary N) is 1. The van der Waals surface area contributed by atoms with Crippen molar-refractivity contribution in [1.82, 2.24) is 9.88 Å². The van der Waals surface area contributed by atoms with Gasteiger partial charge in [-0.25, -0.2) is 0 Å². The third-order valence-corrected chi connectivity index (χ3v) is 7.90. The number of aromatic amines is 1. The molecule has 0 spiro atoms. The largest absolute Gasteiger partial charge is 0.481 e. The third kappa shape index (κ3) is 5.67. The van der Waals surface area contributed by atoms with E-state index in [0.717, 1.165) is 21.5 Å². The molecular formula is C32H29N3O4S. The molecule has 0 saturated carbocycles. The maximum atomic E-state index is 14.0. The predicted octanol–water partition coefficient (Wildman–Crippen LogP) is 6.33. The number of fused-ring (bicyclic) bond motifs is 1. The van der Waals surface area contributed by atoms with Crippen molar-refractivity contribution in [2.24, 2.45) is 0 Å². The lowest BCUT2D eigenvalue weighted by atomic mass is 9.94. The normalized spacial score (nSPS) is 10.9. The van der Waals surface area contributed by atoms with Crippen LogP contribution in [0.4, 0.5) is 5.00 Å². The van der Waals surface area contributed by atoms with Crippen molar-refractivity contribution in [3.63, 3.8) is 0 Å². The van der Waals surface area contributed by atoms with Crippen LogP contribution in [0.1, 0.15) is 32.7 Å². The van der Waals surface area contributed by atoms with E-state index in [1.807, 2.05) is 78.3 Å².